The van der Waals surface area contributed by atoms with Crippen LogP contribution in [0.1, 0.15) is 30.9 Å². The van der Waals surface area contributed by atoms with E-state index >= 15 is 0 Å². The van der Waals surface area contributed by atoms with Crippen molar-refractivity contribution in [1.82, 2.24) is 0 Å². The molecular formula is C14H19BrN2S. The highest BCUT2D eigenvalue weighted by atomic mass is 79.9. The van der Waals surface area contributed by atoms with Gasteiger partial charge in [-0.1, -0.05) is 41.0 Å². The van der Waals surface area contributed by atoms with E-state index in [2.05, 4.69) is 59.1 Å². The van der Waals surface area contributed by atoms with E-state index in [1.165, 1.54) is 28.4 Å². The average Bonchev–Trinajstić information content (AvgIpc) is 2.74. The second-order valence-electron chi connectivity index (χ2n) is 4.72. The van der Waals surface area contributed by atoms with E-state index in [9.17, 15) is 0 Å². The fraction of sp³-hybridized carbons (Fsp3) is 0.500. The molecule has 0 spiro atoms. The quantitative estimate of drug-likeness (QED) is 0.866. The number of hydrogen-bond donors (Lipinski definition) is 1. The molecular weight excluding hydrogens is 308 g/mol. The number of anilines is 1. The van der Waals surface area contributed by atoms with Crippen LogP contribution >= 0.6 is 27.7 Å². The Morgan fingerprint density at radius 2 is 2.06 bits per heavy atom. The molecule has 2 rings (SSSR count). The molecule has 0 amide bonds. The fourth-order valence-corrected chi connectivity index (χ4v) is 3.47. The van der Waals surface area contributed by atoms with E-state index in [1.54, 1.807) is 0 Å². The van der Waals surface area contributed by atoms with Crippen molar-refractivity contribution in [3.63, 3.8) is 0 Å². The summed E-state index contributed by atoms with van der Waals surface area (Å²) in [4.78, 5) is 4.57. The Hall–Kier alpha value is -0.480. The van der Waals surface area contributed by atoms with Crippen LogP contribution in [0.4, 0.5) is 5.69 Å². The molecule has 0 saturated carbocycles. The van der Waals surface area contributed by atoms with Gasteiger partial charge in [-0.15, -0.1) is 0 Å². The van der Waals surface area contributed by atoms with Gasteiger partial charge in [0, 0.05) is 15.4 Å². The lowest BCUT2D eigenvalue weighted by Gasteiger charge is -2.11. The first-order valence-corrected chi connectivity index (χ1v) is 8.02. The molecule has 1 aromatic rings. The predicted molar refractivity (Wildman–Crippen MR) is 85.8 cm³/mol. The number of aryl methyl sites for hydroxylation is 2. The van der Waals surface area contributed by atoms with Crippen molar-refractivity contribution >= 4 is 38.5 Å². The fourth-order valence-electron chi connectivity index (χ4n) is 2.10. The number of hydrogen-bond acceptors (Lipinski definition) is 3. The Morgan fingerprint density at radius 3 is 2.67 bits per heavy atom. The molecule has 1 N–H and O–H groups in total. The number of nitrogens with zero attached hydrogens (tertiary/aromatic N) is 1. The Balaban J connectivity index is 2.03. The molecule has 98 valence electrons. The zero-order valence-electron chi connectivity index (χ0n) is 11.1. The summed E-state index contributed by atoms with van der Waals surface area (Å²) >= 11 is 5.47. The molecule has 2 nitrogen and oxygen atoms in total. The minimum absolute atomic E-state index is 0.662. The van der Waals surface area contributed by atoms with Crippen molar-refractivity contribution in [1.29, 1.82) is 0 Å². The number of nitrogens with one attached hydrogen (secondary N) is 1. The minimum Gasteiger partial charge on any atom is -0.335 e. The lowest BCUT2D eigenvalue weighted by atomic mass is 10.1. The van der Waals surface area contributed by atoms with Crippen molar-refractivity contribution < 1.29 is 0 Å². The number of thioether (sulfide) groups is 1. The molecule has 1 aliphatic heterocycles. The third-order valence-corrected chi connectivity index (χ3v) is 5.44. The molecule has 0 aliphatic carbocycles. The Morgan fingerprint density at radius 1 is 1.39 bits per heavy atom. The number of rotatable bonds is 3. The standard InChI is InChI=1S/C14H19BrN2S/c1-4-5-12-8-16-14(18-12)17-11-6-9(2)13(15)10(3)7-11/h6-7,12H,4-5,8H2,1-3H3,(H,16,17). The van der Waals surface area contributed by atoms with Gasteiger partial charge in [0.05, 0.1) is 6.54 Å². The van der Waals surface area contributed by atoms with E-state index in [4.69, 9.17) is 0 Å². The van der Waals surface area contributed by atoms with Gasteiger partial charge in [-0.2, -0.15) is 0 Å². The molecule has 0 radical (unpaired) electrons. The molecule has 0 aromatic heterocycles. The first-order valence-electron chi connectivity index (χ1n) is 6.35. The van der Waals surface area contributed by atoms with Crippen molar-refractivity contribution in [2.75, 3.05) is 11.9 Å². The highest BCUT2D eigenvalue weighted by Gasteiger charge is 2.18. The van der Waals surface area contributed by atoms with Gasteiger partial charge in [-0.05, 0) is 43.5 Å². The van der Waals surface area contributed by atoms with Gasteiger partial charge >= 0.3 is 0 Å². The zero-order valence-corrected chi connectivity index (χ0v) is 13.5. The maximum Gasteiger partial charge on any atom is 0.161 e. The highest BCUT2D eigenvalue weighted by Crippen LogP contribution is 2.29. The van der Waals surface area contributed by atoms with Crippen LogP contribution in [-0.2, 0) is 0 Å². The van der Waals surface area contributed by atoms with Crippen LogP contribution in [0.3, 0.4) is 0 Å². The molecule has 1 heterocycles. The van der Waals surface area contributed by atoms with Crippen LogP contribution in [0, 0.1) is 13.8 Å². The summed E-state index contributed by atoms with van der Waals surface area (Å²) in [6.07, 6.45) is 2.48. The van der Waals surface area contributed by atoms with Crippen molar-refractivity contribution in [2.24, 2.45) is 4.99 Å². The summed E-state index contributed by atoms with van der Waals surface area (Å²) in [6.45, 7) is 7.42. The van der Waals surface area contributed by atoms with E-state index in [-0.39, 0.29) is 0 Å². The molecule has 1 unspecified atom stereocenters. The number of amidine groups is 1. The SMILES string of the molecule is CCCC1CN=C(Nc2cc(C)c(Br)c(C)c2)S1. The number of aliphatic imine (C=N–C) groups is 1. The smallest absolute Gasteiger partial charge is 0.161 e. The number of benzene rings is 1. The van der Waals surface area contributed by atoms with Gasteiger partial charge < -0.3 is 5.32 Å². The van der Waals surface area contributed by atoms with Gasteiger partial charge in [0.25, 0.3) is 0 Å². The van der Waals surface area contributed by atoms with E-state index < -0.39 is 0 Å². The van der Waals surface area contributed by atoms with Crippen LogP contribution in [-0.4, -0.2) is 17.0 Å². The third-order valence-electron chi connectivity index (χ3n) is 3.02. The molecule has 0 bridgehead atoms. The van der Waals surface area contributed by atoms with Crippen molar-refractivity contribution in [3.05, 3.63) is 27.7 Å². The monoisotopic (exact) mass is 326 g/mol. The summed E-state index contributed by atoms with van der Waals surface area (Å²) in [5.41, 5.74) is 3.65. The van der Waals surface area contributed by atoms with Crippen LogP contribution < -0.4 is 5.32 Å². The minimum atomic E-state index is 0.662. The lowest BCUT2D eigenvalue weighted by molar-refractivity contribution is 0.754. The third kappa shape index (κ3) is 3.29. The predicted octanol–water partition coefficient (Wildman–Crippen LogP) is 4.75. The molecule has 1 aliphatic rings. The summed E-state index contributed by atoms with van der Waals surface area (Å²) in [5, 5.41) is 5.16. The summed E-state index contributed by atoms with van der Waals surface area (Å²) in [5.74, 6) is 0. The molecule has 18 heavy (non-hydrogen) atoms. The first kappa shape index (κ1) is 13.9. The summed E-state index contributed by atoms with van der Waals surface area (Å²) in [6, 6.07) is 4.32. The number of halogens is 1. The summed E-state index contributed by atoms with van der Waals surface area (Å²) in [7, 11) is 0. The largest absolute Gasteiger partial charge is 0.335 e. The Labute approximate surface area is 122 Å². The van der Waals surface area contributed by atoms with E-state index in [0.29, 0.717) is 5.25 Å². The van der Waals surface area contributed by atoms with Gasteiger partial charge in [0.2, 0.25) is 0 Å². The molecule has 1 aromatic carbocycles. The molecule has 0 saturated heterocycles. The molecule has 4 heteroatoms. The normalized spacial score (nSPS) is 18.9. The van der Waals surface area contributed by atoms with Crippen LogP contribution in [0.2, 0.25) is 0 Å². The van der Waals surface area contributed by atoms with Crippen molar-refractivity contribution in [3.8, 4) is 0 Å². The Bertz CT molecular complexity index is 448. The molecule has 0 fully saturated rings. The van der Waals surface area contributed by atoms with E-state index in [0.717, 1.165) is 17.4 Å². The van der Waals surface area contributed by atoms with Gasteiger partial charge in [-0.3, -0.25) is 4.99 Å². The lowest BCUT2D eigenvalue weighted by Crippen LogP contribution is -2.07. The second-order valence-corrected chi connectivity index (χ2v) is 6.81. The van der Waals surface area contributed by atoms with Crippen molar-refractivity contribution in [2.45, 2.75) is 38.9 Å². The summed E-state index contributed by atoms with van der Waals surface area (Å²) < 4.78 is 1.19. The average molecular weight is 327 g/mol. The second kappa shape index (κ2) is 6.11. The zero-order chi connectivity index (χ0) is 13.1. The van der Waals surface area contributed by atoms with Gasteiger partial charge in [0.15, 0.2) is 5.17 Å². The Kier molecular flexibility index (Phi) is 4.73. The molecule has 1 atom stereocenters. The van der Waals surface area contributed by atoms with Gasteiger partial charge in [-0.25, -0.2) is 0 Å². The van der Waals surface area contributed by atoms with Gasteiger partial charge in [0.1, 0.15) is 0 Å². The maximum atomic E-state index is 4.57. The highest BCUT2D eigenvalue weighted by molar-refractivity contribution is 9.10. The van der Waals surface area contributed by atoms with E-state index in [1.807, 2.05) is 11.8 Å². The van der Waals surface area contributed by atoms with Crippen LogP contribution in [0.15, 0.2) is 21.6 Å². The topological polar surface area (TPSA) is 24.4 Å². The maximum absolute atomic E-state index is 4.57. The first-order chi connectivity index (χ1) is 8.60. The van der Waals surface area contributed by atoms with Crippen LogP contribution in [0.5, 0.6) is 0 Å². The van der Waals surface area contributed by atoms with Crippen LogP contribution in [0.25, 0.3) is 0 Å².